The smallest absolute Gasteiger partial charge is 0.358 e. The van der Waals surface area contributed by atoms with Crippen LogP contribution in [0.1, 0.15) is 23.2 Å². The second kappa shape index (κ2) is 5.77. The number of aromatic carboxylic acids is 1. The van der Waals surface area contributed by atoms with E-state index in [0.717, 1.165) is 5.75 Å². The van der Waals surface area contributed by atoms with Crippen LogP contribution in [0.2, 0.25) is 0 Å². The Morgan fingerprint density at radius 1 is 1.73 bits per heavy atom. The number of carboxylic acid groups (broad SMARTS) is 1. The number of aliphatic hydroxyl groups is 1. The van der Waals surface area contributed by atoms with Gasteiger partial charge in [-0.1, -0.05) is 12.1 Å². The summed E-state index contributed by atoms with van der Waals surface area (Å²) in [6.45, 7) is 2.10. The highest BCUT2D eigenvalue weighted by Crippen LogP contribution is 2.16. The number of hydrogen-bond donors (Lipinski definition) is 2. The maximum absolute atomic E-state index is 10.5. The van der Waals surface area contributed by atoms with Crippen molar-refractivity contribution in [3.63, 3.8) is 0 Å². The van der Waals surface area contributed by atoms with Crippen LogP contribution in [0.3, 0.4) is 0 Å². The van der Waals surface area contributed by atoms with Gasteiger partial charge in [-0.15, -0.1) is 0 Å². The summed E-state index contributed by atoms with van der Waals surface area (Å²) in [5.74, 6) is 1.07. The van der Waals surface area contributed by atoms with Crippen LogP contribution in [-0.4, -0.2) is 33.7 Å². The van der Waals surface area contributed by atoms with Crippen molar-refractivity contribution < 1.29 is 19.5 Å². The molecule has 15 heavy (non-hydrogen) atoms. The Hall–Kier alpha value is -1.01. The van der Waals surface area contributed by atoms with Crippen LogP contribution in [0, 0.1) is 5.92 Å². The van der Waals surface area contributed by atoms with Gasteiger partial charge in [0.15, 0.2) is 5.69 Å². The Morgan fingerprint density at radius 3 is 3.00 bits per heavy atom. The first-order valence-electron chi connectivity index (χ1n) is 4.51. The second-order valence-corrected chi connectivity index (χ2v) is 4.32. The molecule has 0 aliphatic heterocycles. The molecule has 0 saturated heterocycles. The zero-order valence-corrected chi connectivity index (χ0v) is 9.16. The molecule has 84 valence electrons. The van der Waals surface area contributed by atoms with E-state index in [1.807, 2.05) is 6.92 Å². The molecule has 0 amide bonds. The molecule has 1 atom stereocenters. The highest BCUT2D eigenvalue weighted by atomic mass is 32.2. The number of aliphatic hydroxyl groups excluding tert-OH is 1. The van der Waals surface area contributed by atoms with E-state index in [0.29, 0.717) is 11.5 Å². The van der Waals surface area contributed by atoms with Crippen LogP contribution in [0.15, 0.2) is 10.6 Å². The standard InChI is InChI=1S/C9H13NO4S/c1-6(3-11)4-15-5-7-2-8(9(12)13)10-14-7/h2,6,11H,3-5H2,1H3,(H,12,13). The summed E-state index contributed by atoms with van der Waals surface area (Å²) in [5, 5.41) is 20.8. The normalized spacial score (nSPS) is 12.7. The van der Waals surface area contributed by atoms with Gasteiger partial charge in [0, 0.05) is 12.7 Å². The van der Waals surface area contributed by atoms with E-state index in [-0.39, 0.29) is 18.2 Å². The fraction of sp³-hybridized carbons (Fsp3) is 0.556. The number of aromatic nitrogens is 1. The SMILES string of the molecule is CC(CO)CSCc1cc(C(=O)O)no1. The van der Waals surface area contributed by atoms with Gasteiger partial charge < -0.3 is 14.7 Å². The van der Waals surface area contributed by atoms with Crippen molar-refractivity contribution in [3.05, 3.63) is 17.5 Å². The monoisotopic (exact) mass is 231 g/mol. The van der Waals surface area contributed by atoms with Crippen LogP contribution in [0.25, 0.3) is 0 Å². The third-order valence-electron chi connectivity index (χ3n) is 1.74. The molecule has 0 saturated carbocycles. The molecular formula is C9H13NO4S. The molecule has 1 heterocycles. The van der Waals surface area contributed by atoms with Crippen molar-refractivity contribution in [1.29, 1.82) is 0 Å². The maximum atomic E-state index is 10.5. The lowest BCUT2D eigenvalue weighted by molar-refractivity contribution is 0.0685. The lowest BCUT2D eigenvalue weighted by Gasteiger charge is -2.04. The second-order valence-electron chi connectivity index (χ2n) is 3.29. The van der Waals surface area contributed by atoms with Crippen molar-refractivity contribution in [2.75, 3.05) is 12.4 Å². The first-order valence-corrected chi connectivity index (χ1v) is 5.66. The summed E-state index contributed by atoms with van der Waals surface area (Å²) in [5.41, 5.74) is -0.0687. The zero-order chi connectivity index (χ0) is 11.3. The van der Waals surface area contributed by atoms with Crippen LogP contribution in [-0.2, 0) is 5.75 Å². The molecule has 5 nitrogen and oxygen atoms in total. The maximum Gasteiger partial charge on any atom is 0.358 e. The van der Waals surface area contributed by atoms with Gasteiger partial charge in [0.25, 0.3) is 0 Å². The average Bonchev–Trinajstić information content (AvgIpc) is 2.66. The molecule has 0 fully saturated rings. The fourth-order valence-corrected chi connectivity index (χ4v) is 1.86. The average molecular weight is 231 g/mol. The summed E-state index contributed by atoms with van der Waals surface area (Å²) in [4.78, 5) is 10.5. The van der Waals surface area contributed by atoms with Gasteiger partial charge in [-0.2, -0.15) is 11.8 Å². The van der Waals surface area contributed by atoms with Crippen molar-refractivity contribution >= 4 is 17.7 Å². The van der Waals surface area contributed by atoms with Gasteiger partial charge in [-0.05, 0) is 11.7 Å². The molecule has 6 heteroatoms. The van der Waals surface area contributed by atoms with E-state index in [2.05, 4.69) is 5.16 Å². The molecule has 1 rings (SSSR count). The van der Waals surface area contributed by atoms with Crippen LogP contribution in [0.5, 0.6) is 0 Å². The Morgan fingerprint density at radius 2 is 2.47 bits per heavy atom. The predicted octanol–water partition coefficient (Wildman–Crippen LogP) is 1.23. The molecule has 0 aliphatic rings. The summed E-state index contributed by atoms with van der Waals surface area (Å²) >= 11 is 1.58. The van der Waals surface area contributed by atoms with Crippen molar-refractivity contribution in [2.45, 2.75) is 12.7 Å². The Bertz CT molecular complexity index is 326. The van der Waals surface area contributed by atoms with Crippen molar-refractivity contribution in [2.24, 2.45) is 5.92 Å². The number of nitrogens with zero attached hydrogens (tertiary/aromatic N) is 1. The summed E-state index contributed by atoms with van der Waals surface area (Å²) in [7, 11) is 0. The van der Waals surface area contributed by atoms with E-state index in [1.54, 1.807) is 11.8 Å². The zero-order valence-electron chi connectivity index (χ0n) is 8.34. The van der Waals surface area contributed by atoms with Gasteiger partial charge in [0.1, 0.15) is 5.76 Å². The van der Waals surface area contributed by atoms with Crippen LogP contribution < -0.4 is 0 Å². The lowest BCUT2D eigenvalue weighted by atomic mass is 10.2. The third kappa shape index (κ3) is 3.93. The van der Waals surface area contributed by atoms with Gasteiger partial charge in [-0.25, -0.2) is 4.79 Å². The highest BCUT2D eigenvalue weighted by molar-refractivity contribution is 7.98. The number of thioether (sulfide) groups is 1. The molecule has 1 unspecified atom stereocenters. The summed E-state index contributed by atoms with van der Waals surface area (Å²) in [6.07, 6.45) is 0. The van der Waals surface area contributed by atoms with E-state index in [1.165, 1.54) is 6.07 Å². The summed E-state index contributed by atoms with van der Waals surface area (Å²) < 4.78 is 4.83. The number of carboxylic acids is 1. The molecule has 0 spiro atoms. The van der Waals surface area contributed by atoms with E-state index in [9.17, 15) is 4.79 Å². The lowest BCUT2D eigenvalue weighted by Crippen LogP contribution is -2.03. The van der Waals surface area contributed by atoms with E-state index >= 15 is 0 Å². The first-order chi connectivity index (χ1) is 7.13. The third-order valence-corrected chi connectivity index (χ3v) is 3.03. The van der Waals surface area contributed by atoms with Gasteiger partial charge in [0.05, 0.1) is 5.75 Å². The quantitative estimate of drug-likeness (QED) is 0.766. The highest BCUT2D eigenvalue weighted by Gasteiger charge is 2.10. The topological polar surface area (TPSA) is 83.6 Å². The van der Waals surface area contributed by atoms with Crippen molar-refractivity contribution in [1.82, 2.24) is 5.16 Å². The van der Waals surface area contributed by atoms with Gasteiger partial charge in [-0.3, -0.25) is 0 Å². The van der Waals surface area contributed by atoms with Gasteiger partial charge >= 0.3 is 5.97 Å². The number of carbonyl (C=O) groups is 1. The minimum Gasteiger partial charge on any atom is -0.476 e. The minimum absolute atomic E-state index is 0.0687. The molecule has 1 aromatic rings. The molecule has 2 N–H and O–H groups in total. The number of rotatable bonds is 6. The fourth-order valence-electron chi connectivity index (χ4n) is 0.895. The molecule has 0 aromatic carbocycles. The van der Waals surface area contributed by atoms with E-state index in [4.69, 9.17) is 14.7 Å². The molecule has 0 aliphatic carbocycles. The molecule has 0 radical (unpaired) electrons. The Kier molecular flexibility index (Phi) is 4.64. The van der Waals surface area contributed by atoms with Gasteiger partial charge in [0.2, 0.25) is 0 Å². The molecule has 0 bridgehead atoms. The Balaban J connectivity index is 2.35. The first kappa shape index (κ1) is 12.1. The predicted molar refractivity (Wildman–Crippen MR) is 55.9 cm³/mol. The number of hydrogen-bond acceptors (Lipinski definition) is 5. The molecular weight excluding hydrogens is 218 g/mol. The minimum atomic E-state index is -1.08. The largest absolute Gasteiger partial charge is 0.476 e. The summed E-state index contributed by atoms with van der Waals surface area (Å²) in [6, 6.07) is 1.42. The van der Waals surface area contributed by atoms with Crippen molar-refractivity contribution in [3.8, 4) is 0 Å². The van der Waals surface area contributed by atoms with Crippen LogP contribution >= 0.6 is 11.8 Å². The Labute approximate surface area is 91.5 Å². The molecule has 1 aromatic heterocycles. The van der Waals surface area contributed by atoms with E-state index < -0.39 is 5.97 Å². The van der Waals surface area contributed by atoms with Crippen LogP contribution in [0.4, 0.5) is 0 Å².